The normalized spacial score (nSPS) is 16.4. The summed E-state index contributed by atoms with van der Waals surface area (Å²) in [6.07, 6.45) is 8.90. The fraction of sp³-hybridized carbons (Fsp3) is 0.431. The first kappa shape index (κ1) is 62.3. The number of aliphatic hydroxyl groups is 1. The van der Waals surface area contributed by atoms with E-state index in [4.69, 9.17) is 20.6 Å². The monoisotopic (exact) mass is 1160 g/mol. The van der Waals surface area contributed by atoms with Crippen LogP contribution in [0.3, 0.4) is 0 Å². The van der Waals surface area contributed by atoms with Crippen LogP contribution in [0, 0.1) is 27.8 Å². The maximum absolute atomic E-state index is 12.6. The number of hydrogen-bond donors (Lipinski definition) is 5. The summed E-state index contributed by atoms with van der Waals surface area (Å²) >= 11 is 2.14. The first-order valence-electron chi connectivity index (χ1n) is 25.2. The Balaban J connectivity index is 0.000000255. The highest BCUT2D eigenvalue weighted by Crippen LogP contribution is 2.19. The second kappa shape index (κ2) is 33.1. The molecule has 0 aromatic heterocycles. The Bertz CT molecular complexity index is 2500. The maximum atomic E-state index is 12.6. The van der Waals surface area contributed by atoms with Gasteiger partial charge in [0.25, 0.3) is 17.7 Å². The summed E-state index contributed by atoms with van der Waals surface area (Å²) in [5.41, 5.74) is 2.46. The van der Waals surface area contributed by atoms with Gasteiger partial charge in [0.1, 0.15) is 6.23 Å². The minimum Gasteiger partial charge on any atom is -0.467 e. The maximum Gasteiger partial charge on any atom is 0.341 e. The third-order valence-electron chi connectivity index (χ3n) is 12.4. The third-order valence-corrected chi connectivity index (χ3v) is 13.1. The van der Waals surface area contributed by atoms with Crippen molar-refractivity contribution in [2.24, 2.45) is 0 Å². The van der Waals surface area contributed by atoms with E-state index in [2.05, 4.69) is 105 Å². The van der Waals surface area contributed by atoms with Crippen LogP contribution in [0.25, 0.3) is 0 Å². The van der Waals surface area contributed by atoms with Crippen LogP contribution in [0.5, 0.6) is 0 Å². The van der Waals surface area contributed by atoms with Gasteiger partial charge in [-0.25, -0.2) is 9.59 Å². The van der Waals surface area contributed by atoms with E-state index in [1.807, 2.05) is 36.4 Å². The molecule has 0 saturated carbocycles. The lowest BCUT2D eigenvalue weighted by Crippen LogP contribution is -2.61. The number of halogens is 1. The molecule has 3 heterocycles. The molecule has 18 heteroatoms. The van der Waals surface area contributed by atoms with E-state index in [9.17, 15) is 29.1 Å². The summed E-state index contributed by atoms with van der Waals surface area (Å²) < 4.78 is 26.2. The van der Waals surface area contributed by atoms with Gasteiger partial charge in [-0.3, -0.25) is 29.5 Å². The predicted octanol–water partition coefficient (Wildman–Crippen LogP) is 4.95. The van der Waals surface area contributed by atoms with Crippen molar-refractivity contribution in [1.29, 1.82) is 0 Å². The fourth-order valence-corrected chi connectivity index (χ4v) is 8.17. The topological polar surface area (TPSA) is 206 Å². The van der Waals surface area contributed by atoms with Crippen molar-refractivity contribution in [2.75, 3.05) is 94.1 Å². The van der Waals surface area contributed by atoms with Gasteiger partial charge < -0.3 is 44.7 Å². The number of nitrogens with zero attached hydrogens (tertiary/aromatic N) is 2. The fourth-order valence-electron chi connectivity index (χ4n) is 7.81. The van der Waals surface area contributed by atoms with Crippen molar-refractivity contribution < 1.29 is 52.8 Å². The van der Waals surface area contributed by atoms with E-state index in [1.54, 1.807) is 36.4 Å². The molecule has 0 spiro atoms. The van der Waals surface area contributed by atoms with E-state index < -0.39 is 47.0 Å². The number of aliphatic hydroxyl groups excluding tert-OH is 1. The lowest BCUT2D eigenvalue weighted by molar-refractivity contribution is -0.155. The molecule has 17 nitrogen and oxygen atoms in total. The van der Waals surface area contributed by atoms with Gasteiger partial charge in [-0.05, 0) is 139 Å². The molecule has 3 saturated heterocycles. The van der Waals surface area contributed by atoms with Crippen molar-refractivity contribution in [1.82, 2.24) is 31.1 Å². The van der Waals surface area contributed by atoms with E-state index in [-0.39, 0.29) is 5.56 Å². The number of carbonyl (C=O) groups excluding carboxylic acids is 5. The largest absolute Gasteiger partial charge is 0.467 e. The summed E-state index contributed by atoms with van der Waals surface area (Å²) in [4.78, 5) is 65.4. The zero-order valence-corrected chi connectivity index (χ0v) is 46.7. The summed E-state index contributed by atoms with van der Waals surface area (Å²) in [5, 5.41) is 19.9. The summed E-state index contributed by atoms with van der Waals surface area (Å²) in [6, 6.07) is 30.1. The van der Waals surface area contributed by atoms with E-state index >= 15 is 0 Å². The molecule has 0 aliphatic carbocycles. The number of methoxy groups -OCH3 is 2. The number of likely N-dealkylation sites (N-methyl/N-ethyl adjacent to an activating group) is 2. The summed E-state index contributed by atoms with van der Waals surface area (Å²) in [6.45, 7) is 14.0. The molecule has 408 valence electrons. The molecular weight excluding hydrogens is 1080 g/mol. The second-order valence-electron chi connectivity index (χ2n) is 18.1. The zero-order valence-electron chi connectivity index (χ0n) is 44.5. The third kappa shape index (κ3) is 20.4. The molecule has 0 bridgehead atoms. The van der Waals surface area contributed by atoms with Crippen LogP contribution in [-0.4, -0.2) is 150 Å². The number of ether oxygens (including phenoxy) is 5. The second-order valence-corrected chi connectivity index (χ2v) is 19.4. The van der Waals surface area contributed by atoms with Crippen molar-refractivity contribution in [3.63, 3.8) is 0 Å². The van der Waals surface area contributed by atoms with Crippen LogP contribution in [0.1, 0.15) is 89.5 Å². The van der Waals surface area contributed by atoms with Crippen molar-refractivity contribution >= 4 is 52.3 Å². The van der Waals surface area contributed by atoms with Gasteiger partial charge >= 0.3 is 11.9 Å². The molecule has 7 rings (SSSR count). The average molecular weight is 1160 g/mol. The van der Waals surface area contributed by atoms with E-state index in [1.165, 1.54) is 59.0 Å². The van der Waals surface area contributed by atoms with Crippen molar-refractivity contribution in [3.8, 4) is 24.2 Å². The average Bonchev–Trinajstić information content (AvgIpc) is 3.80. The highest BCUT2D eigenvalue weighted by molar-refractivity contribution is 14.1. The minimum absolute atomic E-state index is 0.290. The van der Waals surface area contributed by atoms with Gasteiger partial charge in [0, 0.05) is 106 Å². The number of rotatable bonds is 13. The Hall–Kier alpha value is -6.20. The van der Waals surface area contributed by atoms with Crippen LogP contribution in [-0.2, 0) is 56.0 Å². The summed E-state index contributed by atoms with van der Waals surface area (Å²) in [5.74, 6) is 5.38. The Labute approximate surface area is 461 Å². The van der Waals surface area contributed by atoms with Crippen LogP contribution in [0.15, 0.2) is 97.1 Å². The van der Waals surface area contributed by atoms with Crippen LogP contribution < -0.4 is 21.3 Å². The molecular formula is C58H73IN6O11. The van der Waals surface area contributed by atoms with Gasteiger partial charge in [-0.15, -0.1) is 6.42 Å². The molecule has 4 aromatic rings. The van der Waals surface area contributed by atoms with Crippen LogP contribution in [0.2, 0.25) is 0 Å². The predicted molar refractivity (Wildman–Crippen MR) is 298 cm³/mol. The number of hydrogen-bond acceptors (Lipinski definition) is 14. The molecule has 3 aliphatic rings. The minimum atomic E-state index is -1.84. The molecule has 5 N–H and O–H groups in total. The number of amides is 3. The number of terminal acetylenes is 1. The van der Waals surface area contributed by atoms with Crippen LogP contribution in [0.4, 0.5) is 0 Å². The van der Waals surface area contributed by atoms with Gasteiger partial charge in [-0.2, -0.15) is 0 Å². The highest BCUT2D eigenvalue weighted by atomic mass is 127. The molecule has 3 aliphatic heterocycles. The van der Waals surface area contributed by atoms with Gasteiger partial charge in [-0.1, -0.05) is 54.2 Å². The molecule has 3 atom stereocenters. The quantitative estimate of drug-likeness (QED) is 0.0395. The molecule has 4 aromatic carbocycles. The first-order chi connectivity index (χ1) is 36.6. The van der Waals surface area contributed by atoms with Crippen molar-refractivity contribution in [3.05, 3.63) is 140 Å². The first-order valence-corrected chi connectivity index (χ1v) is 26.3. The smallest absolute Gasteiger partial charge is 0.341 e. The van der Waals surface area contributed by atoms with Crippen molar-refractivity contribution in [2.45, 2.75) is 69.9 Å². The Morgan fingerprint density at radius 3 is 1.47 bits per heavy atom. The standard InChI is InChI=1S/C27H31N3O5.C14H17NO.C13H17IN2O4.C4H8O/c1-27(25(32)28-2,26(33)34-3)29-24(31)23-13-11-21(12-14-23)6-5-20-7-9-22(10-8-20)19-30-15-4-17-35-18-16-30;1-2-13-4-6-14(7-5-13)12-15-8-3-10-16-11-9-15;1-13(11(18)15-2,12(19)20-3)16-10(17)8-4-6-9(14)7-5-8;1-2-4-5-3-1/h7-14H,4,15-19H2,1-3H3,(H,28,32)(H,29,31);1,4-7H,3,8-12H2;4-7,10,16-17H,1-3H3,(H,15,18);1-4H2. The van der Waals surface area contributed by atoms with Crippen LogP contribution >= 0.6 is 22.6 Å². The molecule has 3 amide bonds. The lowest BCUT2D eigenvalue weighted by atomic mass is 10.00. The number of carbonyl (C=O) groups is 5. The van der Waals surface area contributed by atoms with Gasteiger partial charge in [0.15, 0.2) is 5.54 Å². The Morgan fingerprint density at radius 2 is 1.04 bits per heavy atom. The number of esters is 2. The number of nitrogens with one attached hydrogen (secondary N) is 4. The van der Waals surface area contributed by atoms with Gasteiger partial charge in [0.05, 0.1) is 27.4 Å². The Morgan fingerprint density at radius 1 is 0.618 bits per heavy atom. The Kier molecular flexibility index (Phi) is 27.1. The lowest BCUT2D eigenvalue weighted by Gasteiger charge is -2.29. The van der Waals surface area contributed by atoms with Gasteiger partial charge in [0.2, 0.25) is 5.54 Å². The summed E-state index contributed by atoms with van der Waals surface area (Å²) in [7, 11) is 5.12. The molecule has 0 radical (unpaired) electrons. The highest BCUT2D eigenvalue weighted by Gasteiger charge is 2.44. The molecule has 3 fully saturated rings. The SMILES string of the molecule is C#Cc1ccc(CN2CCCOCC2)cc1.C1CCOC1.CNC(=O)C(C)(NC(=O)c1ccc(C#Cc2ccc(CN3CCCOCC3)cc2)cc1)C(=O)OC.CNC(=O)C(C)(NC(O)c1ccc(I)cc1)C(=O)OC. The number of benzene rings is 4. The van der Waals surface area contributed by atoms with E-state index in [0.717, 1.165) is 119 Å². The molecule has 3 unspecified atom stereocenters. The zero-order chi connectivity index (χ0) is 55.4. The van der Waals surface area contributed by atoms with E-state index in [0.29, 0.717) is 5.56 Å². The molecule has 76 heavy (non-hydrogen) atoms.